The van der Waals surface area contributed by atoms with Crippen LogP contribution in [0.5, 0.6) is 0 Å². The van der Waals surface area contributed by atoms with Crippen LogP contribution in [0.3, 0.4) is 0 Å². The zero-order valence-corrected chi connectivity index (χ0v) is 32.4. The van der Waals surface area contributed by atoms with E-state index in [0.717, 1.165) is 28.1 Å². The molecule has 11 rings (SSSR count). The molecule has 0 radical (unpaired) electrons. The highest BCUT2D eigenvalue weighted by atomic mass is 15.1. The lowest BCUT2D eigenvalue weighted by atomic mass is 9.55. The summed E-state index contributed by atoms with van der Waals surface area (Å²) >= 11 is 0. The van der Waals surface area contributed by atoms with Crippen molar-refractivity contribution in [2.45, 2.75) is 30.8 Å². The first kappa shape index (κ1) is 33.6. The average molecular weight is 734 g/mol. The first-order chi connectivity index (χ1) is 27.9. The van der Waals surface area contributed by atoms with Crippen molar-refractivity contribution in [1.82, 2.24) is 10.6 Å². The van der Waals surface area contributed by atoms with Crippen molar-refractivity contribution < 1.29 is 0 Å². The highest BCUT2D eigenvalue weighted by Crippen LogP contribution is 2.62. The number of rotatable bonds is 6. The third-order valence-electron chi connectivity index (χ3n) is 13.1. The van der Waals surface area contributed by atoms with Gasteiger partial charge in [-0.2, -0.15) is 0 Å². The molecule has 1 unspecified atom stereocenters. The van der Waals surface area contributed by atoms with E-state index in [0.29, 0.717) is 0 Å². The highest BCUT2D eigenvalue weighted by molar-refractivity contribution is 6.15. The summed E-state index contributed by atoms with van der Waals surface area (Å²) < 4.78 is 0. The largest absolute Gasteiger partial charge is 0.386 e. The van der Waals surface area contributed by atoms with Gasteiger partial charge < -0.3 is 16.4 Å². The van der Waals surface area contributed by atoms with Gasteiger partial charge in [0, 0.05) is 18.0 Å². The van der Waals surface area contributed by atoms with Crippen molar-refractivity contribution in [3.63, 3.8) is 0 Å². The first-order valence-electron chi connectivity index (χ1n) is 20.0. The molecule has 0 heterocycles. The van der Waals surface area contributed by atoms with E-state index in [1.165, 1.54) is 77.5 Å². The molecule has 0 amide bonds. The number of hydrogen-bond acceptors (Lipinski definition) is 3. The lowest BCUT2D eigenvalue weighted by Gasteiger charge is -2.46. The van der Waals surface area contributed by atoms with E-state index in [1.54, 1.807) is 0 Å². The summed E-state index contributed by atoms with van der Waals surface area (Å²) in [5.41, 5.74) is 27.6. The minimum absolute atomic E-state index is 0.135. The maximum absolute atomic E-state index is 7.30. The molecule has 4 N–H and O–H groups in total. The second-order valence-electron chi connectivity index (χ2n) is 16.3. The smallest absolute Gasteiger partial charge is 0.101 e. The fourth-order valence-electron chi connectivity index (χ4n) is 10.6. The SMILES string of the molecule is CN/C(=C(\NC(N)c1ccc2c(c1)-c1ccccc1C21c2ccccc2C(C)(C)c2ccccc21)c1ccccc1)c1ccc2c(c1)-c1cccc3cccc-2c13. The van der Waals surface area contributed by atoms with E-state index in [9.17, 15) is 0 Å². The number of nitrogens with two attached hydrogens (primary N) is 1. The van der Waals surface area contributed by atoms with Crippen molar-refractivity contribution >= 4 is 22.2 Å². The van der Waals surface area contributed by atoms with Gasteiger partial charge in [0.2, 0.25) is 0 Å². The molecule has 274 valence electrons. The Balaban J connectivity index is 1.05. The van der Waals surface area contributed by atoms with Crippen LogP contribution in [0.1, 0.15) is 70.1 Å². The molecule has 1 spiro atoms. The van der Waals surface area contributed by atoms with Gasteiger partial charge in [-0.1, -0.05) is 178 Å². The summed E-state index contributed by atoms with van der Waals surface area (Å²) in [5, 5.41) is 10.0. The van der Waals surface area contributed by atoms with Crippen LogP contribution in [0, 0.1) is 0 Å². The van der Waals surface area contributed by atoms with E-state index in [1.807, 2.05) is 7.05 Å². The Bertz CT molecular complexity index is 2920. The minimum atomic E-state index is -0.491. The molecule has 8 aromatic carbocycles. The fraction of sp³-hybridized carbons (Fsp3) is 0.111. The zero-order valence-electron chi connectivity index (χ0n) is 32.4. The Kier molecular flexibility index (Phi) is 7.33. The van der Waals surface area contributed by atoms with Crippen LogP contribution in [0.25, 0.3) is 55.5 Å². The summed E-state index contributed by atoms with van der Waals surface area (Å²) in [7, 11) is 2.00. The van der Waals surface area contributed by atoms with Crippen molar-refractivity contribution in [2.75, 3.05) is 7.05 Å². The average Bonchev–Trinajstić information content (AvgIpc) is 3.74. The fourth-order valence-corrected chi connectivity index (χ4v) is 10.6. The minimum Gasteiger partial charge on any atom is -0.386 e. The number of hydrogen-bond donors (Lipinski definition) is 3. The van der Waals surface area contributed by atoms with Crippen LogP contribution >= 0.6 is 0 Å². The summed E-state index contributed by atoms with van der Waals surface area (Å²) in [6, 6.07) is 64.7. The standard InChI is InChI=1S/C54H43N3/c1-53(2)45-23-9-11-25-47(45)54(48-26-12-10-24-46(48)53)43-22-8-7-19-38(43)42-32-36(28-30-44(42)54)52(55)57-51(34-15-5-4-6-16-34)50(56-3)35-27-29-37-39-20-13-17-33-18-14-21-40(49(33)39)41(37)31-35/h4-32,52,56-57H,55H2,1-3H3/b51-50-. The summed E-state index contributed by atoms with van der Waals surface area (Å²) in [5.74, 6) is 0. The zero-order chi connectivity index (χ0) is 38.5. The third kappa shape index (κ3) is 4.64. The van der Waals surface area contributed by atoms with Gasteiger partial charge in [0.15, 0.2) is 0 Å². The van der Waals surface area contributed by atoms with Crippen LogP contribution in [-0.4, -0.2) is 7.05 Å². The van der Waals surface area contributed by atoms with Crippen LogP contribution in [-0.2, 0) is 10.8 Å². The Morgan fingerprint density at radius 3 is 1.72 bits per heavy atom. The topological polar surface area (TPSA) is 50.1 Å². The van der Waals surface area contributed by atoms with Crippen molar-refractivity contribution in [3.8, 4) is 33.4 Å². The van der Waals surface area contributed by atoms with E-state index in [2.05, 4.69) is 200 Å². The number of fused-ring (bicyclic) bond motifs is 12. The molecule has 3 aliphatic rings. The van der Waals surface area contributed by atoms with E-state index in [4.69, 9.17) is 5.73 Å². The molecule has 57 heavy (non-hydrogen) atoms. The molecule has 3 nitrogen and oxygen atoms in total. The summed E-state index contributed by atoms with van der Waals surface area (Å²) in [4.78, 5) is 0. The molecule has 0 aromatic heterocycles. The van der Waals surface area contributed by atoms with Gasteiger partial charge >= 0.3 is 0 Å². The van der Waals surface area contributed by atoms with Gasteiger partial charge in [0.05, 0.1) is 16.8 Å². The van der Waals surface area contributed by atoms with Crippen molar-refractivity contribution in [2.24, 2.45) is 5.73 Å². The molecule has 0 bridgehead atoms. The van der Waals surface area contributed by atoms with Gasteiger partial charge in [0.1, 0.15) is 6.17 Å². The van der Waals surface area contributed by atoms with Gasteiger partial charge in [-0.05, 0) is 101 Å². The highest BCUT2D eigenvalue weighted by Gasteiger charge is 2.53. The Morgan fingerprint density at radius 1 is 0.456 bits per heavy atom. The van der Waals surface area contributed by atoms with E-state index in [-0.39, 0.29) is 5.41 Å². The molecule has 8 aromatic rings. The lowest BCUT2D eigenvalue weighted by molar-refractivity contribution is 0.563. The van der Waals surface area contributed by atoms with E-state index >= 15 is 0 Å². The van der Waals surface area contributed by atoms with E-state index < -0.39 is 11.6 Å². The van der Waals surface area contributed by atoms with Gasteiger partial charge in [0.25, 0.3) is 0 Å². The molecular formula is C54H43N3. The van der Waals surface area contributed by atoms with Crippen molar-refractivity contribution in [1.29, 1.82) is 0 Å². The van der Waals surface area contributed by atoms with Crippen LogP contribution in [0.15, 0.2) is 176 Å². The van der Waals surface area contributed by atoms with Crippen LogP contribution in [0.4, 0.5) is 0 Å². The second-order valence-corrected chi connectivity index (χ2v) is 16.3. The van der Waals surface area contributed by atoms with Gasteiger partial charge in [-0.15, -0.1) is 0 Å². The molecule has 0 saturated carbocycles. The summed E-state index contributed by atoms with van der Waals surface area (Å²) in [6.45, 7) is 4.73. The Morgan fingerprint density at radius 2 is 1.04 bits per heavy atom. The molecular weight excluding hydrogens is 691 g/mol. The van der Waals surface area contributed by atoms with Gasteiger partial charge in [-0.3, -0.25) is 0 Å². The van der Waals surface area contributed by atoms with Crippen LogP contribution in [0.2, 0.25) is 0 Å². The lowest BCUT2D eigenvalue weighted by Crippen LogP contribution is -2.40. The molecule has 0 fully saturated rings. The van der Waals surface area contributed by atoms with Crippen LogP contribution < -0.4 is 16.4 Å². The molecule has 0 aliphatic heterocycles. The molecule has 1 atom stereocenters. The summed E-state index contributed by atoms with van der Waals surface area (Å²) in [6.07, 6.45) is -0.491. The van der Waals surface area contributed by atoms with Crippen molar-refractivity contribution in [3.05, 3.63) is 226 Å². The third-order valence-corrected chi connectivity index (χ3v) is 13.1. The predicted octanol–water partition coefficient (Wildman–Crippen LogP) is 11.8. The molecule has 0 saturated heterocycles. The first-order valence-corrected chi connectivity index (χ1v) is 20.0. The second kappa shape index (κ2) is 12.4. The molecule has 3 aliphatic carbocycles. The normalized spacial score (nSPS) is 15.5. The maximum Gasteiger partial charge on any atom is 0.101 e. The number of benzene rings is 8. The van der Waals surface area contributed by atoms with Gasteiger partial charge in [-0.25, -0.2) is 0 Å². The number of nitrogens with one attached hydrogen (secondary N) is 2. The monoisotopic (exact) mass is 733 g/mol. The maximum atomic E-state index is 7.30. The Hall–Kier alpha value is -6.68. The predicted molar refractivity (Wildman–Crippen MR) is 237 cm³/mol. The Labute approximate surface area is 334 Å². The quantitative estimate of drug-likeness (QED) is 0.118. The molecule has 3 heteroatoms.